The van der Waals surface area contributed by atoms with Crippen molar-refractivity contribution >= 4 is 28.7 Å². The number of hydrogen-bond donors (Lipinski definition) is 3. The van der Waals surface area contributed by atoms with E-state index in [0.717, 1.165) is 22.3 Å². The quantitative estimate of drug-likeness (QED) is 0.630. The molecule has 0 saturated heterocycles. The van der Waals surface area contributed by atoms with Gasteiger partial charge in [0, 0.05) is 29.9 Å². The summed E-state index contributed by atoms with van der Waals surface area (Å²) in [5.74, 6) is -0.331. The lowest BCUT2D eigenvalue weighted by Gasteiger charge is -2.30. The van der Waals surface area contributed by atoms with Gasteiger partial charge in [0.25, 0.3) is 5.91 Å². The minimum Gasteiger partial charge on any atom is -0.444 e. The maximum absolute atomic E-state index is 12.8. The second kappa shape index (κ2) is 6.66. The summed E-state index contributed by atoms with van der Waals surface area (Å²) in [5, 5.41) is 9.95. The van der Waals surface area contributed by atoms with Gasteiger partial charge in [0.1, 0.15) is 5.60 Å². The zero-order chi connectivity index (χ0) is 19.9. The third kappa shape index (κ3) is 3.55. The normalized spacial score (nSPS) is 14.0. The molecule has 0 atom stereocenters. The molecule has 0 aliphatic carbocycles. The molecule has 0 spiro atoms. The average molecular weight is 382 g/mol. The summed E-state index contributed by atoms with van der Waals surface area (Å²) >= 11 is 0. The van der Waals surface area contributed by atoms with Crippen molar-refractivity contribution in [2.45, 2.75) is 39.3 Å². The van der Waals surface area contributed by atoms with Crippen molar-refractivity contribution in [3.8, 4) is 0 Å². The summed E-state index contributed by atoms with van der Waals surface area (Å²) in [6, 6.07) is 5.42. The fraction of sp³-hybridized carbons (Fsp3) is 0.368. The number of rotatable bonds is 2. The molecule has 1 aliphatic heterocycles. The van der Waals surface area contributed by atoms with Crippen molar-refractivity contribution in [3.63, 3.8) is 0 Å². The minimum absolute atomic E-state index is 0.281. The molecule has 3 aromatic rings. The largest absolute Gasteiger partial charge is 0.444 e. The molecule has 3 N–H and O–H groups in total. The molecule has 28 heavy (non-hydrogen) atoms. The van der Waals surface area contributed by atoms with E-state index >= 15 is 0 Å². The van der Waals surface area contributed by atoms with E-state index in [-0.39, 0.29) is 18.1 Å². The van der Waals surface area contributed by atoms with Crippen LogP contribution in [-0.4, -0.2) is 49.2 Å². The number of aromatic nitrogens is 4. The molecule has 0 radical (unpaired) electrons. The first kappa shape index (κ1) is 18.0. The fourth-order valence-corrected chi connectivity index (χ4v) is 3.17. The second-order valence-electron chi connectivity index (χ2n) is 7.77. The Balaban J connectivity index is 1.51. The Morgan fingerprint density at radius 1 is 1.29 bits per heavy atom. The van der Waals surface area contributed by atoms with Crippen LogP contribution < -0.4 is 5.32 Å². The highest BCUT2D eigenvalue weighted by Gasteiger charge is 2.30. The number of carbonyl (C=O) groups excluding carboxylic acids is 2. The molecular formula is C19H22N6O3. The molecule has 3 heterocycles. The Hall–Kier alpha value is -3.36. The van der Waals surface area contributed by atoms with Crippen LogP contribution in [0.25, 0.3) is 11.0 Å². The predicted octanol–water partition coefficient (Wildman–Crippen LogP) is 2.83. The first-order valence-corrected chi connectivity index (χ1v) is 9.09. The highest BCUT2D eigenvalue weighted by Crippen LogP contribution is 2.23. The molecule has 2 aromatic heterocycles. The molecule has 0 unspecified atom stereocenters. The van der Waals surface area contributed by atoms with Crippen LogP contribution in [-0.2, 0) is 17.7 Å². The van der Waals surface area contributed by atoms with Gasteiger partial charge in [-0.25, -0.2) is 9.78 Å². The number of ether oxygens (including phenoxy) is 1. The van der Waals surface area contributed by atoms with Crippen molar-refractivity contribution in [3.05, 3.63) is 41.5 Å². The van der Waals surface area contributed by atoms with Crippen molar-refractivity contribution in [2.75, 3.05) is 11.9 Å². The van der Waals surface area contributed by atoms with Crippen molar-refractivity contribution in [1.82, 2.24) is 25.1 Å². The summed E-state index contributed by atoms with van der Waals surface area (Å²) in [7, 11) is 0. The van der Waals surface area contributed by atoms with E-state index in [2.05, 4.69) is 25.5 Å². The molecule has 4 rings (SSSR count). The van der Waals surface area contributed by atoms with Crippen LogP contribution in [0.1, 0.15) is 42.5 Å². The third-order valence-corrected chi connectivity index (χ3v) is 4.48. The first-order chi connectivity index (χ1) is 13.3. The van der Waals surface area contributed by atoms with E-state index in [4.69, 9.17) is 4.74 Å². The molecule has 2 amide bonds. The first-order valence-electron chi connectivity index (χ1n) is 9.09. The lowest BCUT2D eigenvalue weighted by Crippen LogP contribution is -2.40. The molecule has 9 nitrogen and oxygen atoms in total. The van der Waals surface area contributed by atoms with Crippen LogP contribution in [0.5, 0.6) is 0 Å². The van der Waals surface area contributed by atoms with Crippen molar-refractivity contribution in [2.24, 2.45) is 0 Å². The Bertz CT molecular complexity index is 1050. The zero-order valence-corrected chi connectivity index (χ0v) is 16.0. The van der Waals surface area contributed by atoms with Crippen molar-refractivity contribution < 1.29 is 14.3 Å². The number of aromatic amines is 2. The number of H-pyrrole nitrogens is 2. The summed E-state index contributed by atoms with van der Waals surface area (Å²) in [5.41, 5.74) is 3.60. The zero-order valence-electron chi connectivity index (χ0n) is 16.0. The van der Waals surface area contributed by atoms with Crippen molar-refractivity contribution in [1.29, 1.82) is 0 Å². The lowest BCUT2D eigenvalue weighted by atomic mass is 10.1. The number of nitrogens with one attached hydrogen (secondary N) is 3. The average Bonchev–Trinajstić information content (AvgIpc) is 3.25. The van der Waals surface area contributed by atoms with Crippen LogP contribution in [0, 0.1) is 0 Å². The lowest BCUT2D eigenvalue weighted by molar-refractivity contribution is 0.0222. The molecule has 1 aromatic carbocycles. The number of nitrogens with zero attached hydrogens (tertiary/aromatic N) is 3. The van der Waals surface area contributed by atoms with Gasteiger partial charge in [-0.15, -0.1) is 0 Å². The van der Waals surface area contributed by atoms with Gasteiger partial charge < -0.3 is 19.9 Å². The molecular weight excluding hydrogens is 360 g/mol. The van der Waals surface area contributed by atoms with Gasteiger partial charge in [0.05, 0.1) is 23.9 Å². The van der Waals surface area contributed by atoms with Gasteiger partial charge in [-0.1, -0.05) is 0 Å². The van der Waals surface area contributed by atoms with Crippen LogP contribution in [0.4, 0.5) is 10.5 Å². The highest BCUT2D eigenvalue weighted by molar-refractivity contribution is 6.04. The summed E-state index contributed by atoms with van der Waals surface area (Å²) < 4.78 is 5.44. The second-order valence-corrected chi connectivity index (χ2v) is 7.77. The highest BCUT2D eigenvalue weighted by atomic mass is 16.6. The van der Waals surface area contributed by atoms with Gasteiger partial charge in [0.2, 0.25) is 0 Å². The van der Waals surface area contributed by atoms with E-state index in [9.17, 15) is 9.59 Å². The Labute approximate surface area is 161 Å². The van der Waals surface area contributed by atoms with Gasteiger partial charge in [-0.2, -0.15) is 5.10 Å². The maximum atomic E-state index is 12.8. The number of hydrogen-bond acceptors (Lipinski definition) is 5. The van der Waals surface area contributed by atoms with Gasteiger partial charge >= 0.3 is 6.09 Å². The Morgan fingerprint density at radius 2 is 2.11 bits per heavy atom. The number of fused-ring (bicyclic) bond motifs is 2. The summed E-state index contributed by atoms with van der Waals surface area (Å²) in [6.45, 7) is 6.28. The van der Waals surface area contributed by atoms with Crippen LogP contribution in [0.3, 0.4) is 0 Å². The van der Waals surface area contributed by atoms with Crippen LogP contribution >= 0.6 is 0 Å². The van der Waals surface area contributed by atoms with E-state index in [1.54, 1.807) is 17.3 Å². The van der Waals surface area contributed by atoms with Crippen LogP contribution in [0.15, 0.2) is 24.5 Å². The number of carbonyl (C=O) groups is 2. The summed E-state index contributed by atoms with van der Waals surface area (Å²) in [6.07, 6.45) is 1.80. The Morgan fingerprint density at radius 3 is 2.89 bits per heavy atom. The van der Waals surface area contributed by atoms with Gasteiger partial charge in [0.15, 0.2) is 5.69 Å². The van der Waals surface area contributed by atoms with Crippen LogP contribution in [0.2, 0.25) is 0 Å². The van der Waals surface area contributed by atoms with E-state index < -0.39 is 11.7 Å². The monoisotopic (exact) mass is 382 g/mol. The van der Waals surface area contributed by atoms with E-state index in [1.165, 1.54) is 0 Å². The number of amides is 2. The summed E-state index contributed by atoms with van der Waals surface area (Å²) in [4.78, 5) is 33.9. The number of imidazole rings is 1. The topological polar surface area (TPSA) is 116 Å². The third-order valence-electron chi connectivity index (χ3n) is 4.48. The molecule has 146 valence electrons. The molecule has 9 heteroatoms. The van der Waals surface area contributed by atoms with E-state index in [1.807, 2.05) is 32.9 Å². The van der Waals surface area contributed by atoms with Gasteiger partial charge in [-0.05, 0) is 39.0 Å². The SMILES string of the molecule is CC(C)(C)OC(=O)N1CCc2[nH]nc(C(=O)Nc3ccc4nc[nH]c4c3)c2C1. The Kier molecular flexibility index (Phi) is 4.29. The standard InChI is InChI=1S/C19H22N6O3/c1-19(2,3)28-18(27)25-7-6-13-12(9-25)16(24-23-13)17(26)22-11-4-5-14-15(8-11)21-10-20-14/h4-5,8,10H,6-7,9H2,1-3H3,(H,20,21)(H,22,26)(H,23,24). The minimum atomic E-state index is -0.570. The number of anilines is 1. The molecule has 0 fully saturated rings. The van der Waals surface area contributed by atoms with E-state index in [0.29, 0.717) is 18.7 Å². The molecule has 1 aliphatic rings. The molecule has 0 saturated carbocycles. The maximum Gasteiger partial charge on any atom is 0.410 e. The predicted molar refractivity (Wildman–Crippen MR) is 103 cm³/mol. The smallest absolute Gasteiger partial charge is 0.410 e. The van der Waals surface area contributed by atoms with Gasteiger partial charge in [-0.3, -0.25) is 9.89 Å². The number of benzene rings is 1. The molecule has 0 bridgehead atoms. The fourth-order valence-electron chi connectivity index (χ4n) is 3.17.